The number of benzene rings is 1. The maximum absolute atomic E-state index is 9.72. The summed E-state index contributed by atoms with van der Waals surface area (Å²) in [6.45, 7) is 8.28. The van der Waals surface area contributed by atoms with Crippen LogP contribution in [0.4, 0.5) is 0 Å². The number of aryl methyl sites for hydroxylation is 1. The molecule has 0 aliphatic heterocycles. The highest BCUT2D eigenvalue weighted by Gasteiger charge is 2.15. The highest BCUT2D eigenvalue weighted by Crippen LogP contribution is 2.27. The van der Waals surface area contributed by atoms with Crippen LogP contribution in [0.3, 0.4) is 0 Å². The van der Waals surface area contributed by atoms with Gasteiger partial charge in [0.25, 0.3) is 0 Å². The first-order chi connectivity index (χ1) is 9.35. The predicted molar refractivity (Wildman–Crippen MR) is 80.6 cm³/mol. The lowest BCUT2D eigenvalue weighted by Gasteiger charge is -2.16. The maximum atomic E-state index is 9.72. The van der Waals surface area contributed by atoms with Crippen LogP contribution in [0.1, 0.15) is 57.3 Å². The van der Waals surface area contributed by atoms with Crippen LogP contribution in [0.25, 0.3) is 0 Å². The minimum absolute atomic E-state index is 0.256. The first-order valence-corrected chi connectivity index (χ1v) is 7.18. The van der Waals surface area contributed by atoms with E-state index in [4.69, 9.17) is 10.00 Å². The molecule has 0 aliphatic carbocycles. The average Bonchev–Trinajstić information content (AvgIpc) is 2.38. The van der Waals surface area contributed by atoms with Crippen molar-refractivity contribution in [2.24, 2.45) is 5.41 Å². The number of aliphatic hydroxyl groups excluding tert-OH is 1. The fourth-order valence-electron chi connectivity index (χ4n) is 2.02. The Morgan fingerprint density at radius 1 is 1.35 bits per heavy atom. The van der Waals surface area contributed by atoms with Gasteiger partial charge in [-0.2, -0.15) is 5.26 Å². The maximum Gasteiger partial charge on any atom is 0.125 e. The lowest BCUT2D eigenvalue weighted by Crippen LogP contribution is -2.09. The van der Waals surface area contributed by atoms with E-state index in [-0.39, 0.29) is 5.41 Å². The first kappa shape index (κ1) is 16.5. The van der Waals surface area contributed by atoms with E-state index in [1.165, 1.54) is 0 Å². The summed E-state index contributed by atoms with van der Waals surface area (Å²) >= 11 is 0. The minimum Gasteiger partial charge on any atom is -0.493 e. The minimum atomic E-state index is -0.525. The van der Waals surface area contributed by atoms with Crippen LogP contribution < -0.4 is 4.74 Å². The van der Waals surface area contributed by atoms with Gasteiger partial charge in [-0.1, -0.05) is 12.1 Å². The number of hydrogen-bond donors (Lipinski definition) is 1. The molecule has 0 aromatic heterocycles. The van der Waals surface area contributed by atoms with Crippen molar-refractivity contribution in [1.29, 1.82) is 5.26 Å². The summed E-state index contributed by atoms with van der Waals surface area (Å²) in [6.07, 6.45) is 2.24. The molecule has 0 amide bonds. The molecule has 20 heavy (non-hydrogen) atoms. The normalized spacial score (nSPS) is 12.8. The van der Waals surface area contributed by atoms with Gasteiger partial charge in [-0.25, -0.2) is 0 Å². The van der Waals surface area contributed by atoms with Crippen molar-refractivity contribution < 1.29 is 9.84 Å². The number of aliphatic hydroxyl groups is 1. The molecule has 0 fully saturated rings. The van der Waals surface area contributed by atoms with Crippen LogP contribution in [0, 0.1) is 23.7 Å². The molecule has 0 radical (unpaired) electrons. The van der Waals surface area contributed by atoms with Crippen LogP contribution in [-0.2, 0) is 0 Å². The molecule has 1 rings (SSSR count). The smallest absolute Gasteiger partial charge is 0.125 e. The Kier molecular flexibility index (Phi) is 6.04. The van der Waals surface area contributed by atoms with Crippen molar-refractivity contribution in [1.82, 2.24) is 0 Å². The molecular formula is C17H25NO2. The lowest BCUT2D eigenvalue weighted by molar-refractivity contribution is 0.190. The van der Waals surface area contributed by atoms with E-state index < -0.39 is 6.10 Å². The second kappa shape index (κ2) is 7.31. The number of nitrogens with zero attached hydrogens (tertiary/aromatic N) is 1. The zero-order valence-electron chi connectivity index (χ0n) is 12.9. The molecule has 0 spiro atoms. The number of hydrogen-bond acceptors (Lipinski definition) is 3. The molecule has 1 aromatic carbocycles. The van der Waals surface area contributed by atoms with E-state index in [2.05, 4.69) is 6.07 Å². The van der Waals surface area contributed by atoms with Gasteiger partial charge >= 0.3 is 0 Å². The summed E-state index contributed by atoms with van der Waals surface area (Å²) in [5.41, 5.74) is 1.69. The molecule has 0 aliphatic rings. The van der Waals surface area contributed by atoms with Crippen LogP contribution in [0.2, 0.25) is 0 Å². The van der Waals surface area contributed by atoms with E-state index in [1.807, 2.05) is 39.0 Å². The van der Waals surface area contributed by atoms with E-state index in [0.717, 1.165) is 36.1 Å². The van der Waals surface area contributed by atoms with E-state index in [9.17, 15) is 5.11 Å². The first-order valence-electron chi connectivity index (χ1n) is 7.18. The van der Waals surface area contributed by atoms with Gasteiger partial charge in [-0.05, 0) is 58.6 Å². The predicted octanol–water partition coefficient (Wildman–Crippen LogP) is 4.15. The summed E-state index contributed by atoms with van der Waals surface area (Å²) in [5, 5.41) is 18.7. The Bertz CT molecular complexity index is 472. The highest BCUT2D eigenvalue weighted by molar-refractivity contribution is 5.38. The number of nitriles is 1. The molecule has 0 saturated heterocycles. The third-order valence-electron chi connectivity index (χ3n) is 3.38. The Labute approximate surface area is 122 Å². The van der Waals surface area contributed by atoms with Crippen molar-refractivity contribution in [2.45, 2.75) is 53.1 Å². The van der Waals surface area contributed by atoms with Gasteiger partial charge in [0, 0.05) is 5.56 Å². The van der Waals surface area contributed by atoms with Crippen LogP contribution in [0.15, 0.2) is 18.2 Å². The van der Waals surface area contributed by atoms with Gasteiger partial charge in [0.05, 0.1) is 24.2 Å². The summed E-state index contributed by atoms with van der Waals surface area (Å²) in [7, 11) is 0. The van der Waals surface area contributed by atoms with Crippen molar-refractivity contribution in [3.63, 3.8) is 0 Å². The van der Waals surface area contributed by atoms with Gasteiger partial charge in [0.1, 0.15) is 5.75 Å². The Morgan fingerprint density at radius 3 is 2.65 bits per heavy atom. The Morgan fingerprint density at radius 2 is 2.05 bits per heavy atom. The van der Waals surface area contributed by atoms with Gasteiger partial charge in [-0.15, -0.1) is 0 Å². The standard InChI is InChI=1S/C17H25NO2/c1-13-7-8-15(14(2)19)16(11-13)20-10-6-5-9-17(3,4)12-18/h7-8,11,14,19H,5-6,9-10H2,1-4H3. The largest absolute Gasteiger partial charge is 0.493 e. The Balaban J connectivity index is 2.46. The van der Waals surface area contributed by atoms with Crippen molar-refractivity contribution >= 4 is 0 Å². The second-order valence-electron chi connectivity index (χ2n) is 6.02. The lowest BCUT2D eigenvalue weighted by atomic mass is 9.89. The van der Waals surface area contributed by atoms with Crippen molar-refractivity contribution in [2.75, 3.05) is 6.61 Å². The summed E-state index contributed by atoms with van der Waals surface area (Å²) in [4.78, 5) is 0. The molecular weight excluding hydrogens is 250 g/mol. The molecule has 1 aromatic rings. The SMILES string of the molecule is Cc1ccc(C(C)O)c(OCCCCC(C)(C)C#N)c1. The van der Waals surface area contributed by atoms with E-state index in [0.29, 0.717) is 6.61 Å². The molecule has 110 valence electrons. The number of ether oxygens (including phenoxy) is 1. The molecule has 1 unspecified atom stereocenters. The van der Waals surface area contributed by atoms with Gasteiger partial charge in [0.15, 0.2) is 0 Å². The zero-order valence-corrected chi connectivity index (χ0v) is 12.9. The third-order valence-corrected chi connectivity index (χ3v) is 3.38. The average molecular weight is 275 g/mol. The van der Waals surface area contributed by atoms with Crippen LogP contribution >= 0.6 is 0 Å². The van der Waals surface area contributed by atoms with Crippen molar-refractivity contribution in [3.05, 3.63) is 29.3 Å². The number of rotatable bonds is 7. The molecule has 0 bridgehead atoms. The van der Waals surface area contributed by atoms with Gasteiger partial charge in [-0.3, -0.25) is 0 Å². The summed E-state index contributed by atoms with van der Waals surface area (Å²) in [6, 6.07) is 8.15. The van der Waals surface area contributed by atoms with Crippen molar-refractivity contribution in [3.8, 4) is 11.8 Å². The third kappa shape index (κ3) is 5.22. The molecule has 0 heterocycles. The molecule has 1 atom stereocenters. The Hall–Kier alpha value is -1.53. The quantitative estimate of drug-likeness (QED) is 0.761. The monoisotopic (exact) mass is 275 g/mol. The van der Waals surface area contributed by atoms with E-state index >= 15 is 0 Å². The summed E-state index contributed by atoms with van der Waals surface area (Å²) in [5.74, 6) is 0.763. The zero-order chi connectivity index (χ0) is 15.2. The van der Waals surface area contributed by atoms with E-state index in [1.54, 1.807) is 6.92 Å². The topological polar surface area (TPSA) is 53.2 Å². The van der Waals surface area contributed by atoms with Crippen LogP contribution in [-0.4, -0.2) is 11.7 Å². The second-order valence-corrected chi connectivity index (χ2v) is 6.02. The molecule has 3 heteroatoms. The fraction of sp³-hybridized carbons (Fsp3) is 0.588. The number of unbranched alkanes of at least 4 members (excludes halogenated alkanes) is 1. The molecule has 1 N–H and O–H groups in total. The fourth-order valence-corrected chi connectivity index (χ4v) is 2.02. The highest BCUT2D eigenvalue weighted by atomic mass is 16.5. The van der Waals surface area contributed by atoms with Gasteiger partial charge in [0.2, 0.25) is 0 Å². The molecule has 0 saturated carbocycles. The van der Waals surface area contributed by atoms with Gasteiger partial charge < -0.3 is 9.84 Å². The molecule has 3 nitrogen and oxygen atoms in total. The summed E-state index contributed by atoms with van der Waals surface area (Å²) < 4.78 is 5.78. The van der Waals surface area contributed by atoms with Crippen LogP contribution in [0.5, 0.6) is 5.75 Å².